The number of carbonyl (C=O) groups is 2. The summed E-state index contributed by atoms with van der Waals surface area (Å²) in [5.74, 6) is -1.24. The Labute approximate surface area is 112 Å². The lowest BCUT2D eigenvalue weighted by molar-refractivity contribution is -0.154. The average Bonchev–Trinajstić information content (AvgIpc) is 2.42. The smallest absolute Gasteiger partial charge is 0.311 e. The molecule has 7 nitrogen and oxygen atoms in total. The normalized spacial score (nSPS) is 19.7. The first-order valence-corrected chi connectivity index (χ1v) is 6.35. The zero-order chi connectivity index (χ0) is 14.3. The molecule has 4 N–H and O–H groups in total. The number of rotatable bonds is 7. The molecule has 1 atom stereocenters. The summed E-state index contributed by atoms with van der Waals surface area (Å²) in [4.78, 5) is 23.1. The molecule has 1 amide bonds. The number of carboxylic acids is 1. The first-order chi connectivity index (χ1) is 9.02. The maximum atomic E-state index is 11.7. The minimum absolute atomic E-state index is 0.0885. The summed E-state index contributed by atoms with van der Waals surface area (Å²) in [6.45, 7) is 1.29. The van der Waals surface area contributed by atoms with E-state index < -0.39 is 17.4 Å². The van der Waals surface area contributed by atoms with Crippen molar-refractivity contribution in [3.63, 3.8) is 0 Å². The second-order valence-electron chi connectivity index (χ2n) is 4.80. The maximum absolute atomic E-state index is 11.7. The lowest BCUT2D eigenvalue weighted by atomic mass is 9.80. The highest BCUT2D eigenvalue weighted by Crippen LogP contribution is 2.30. The van der Waals surface area contributed by atoms with Crippen molar-refractivity contribution in [3.05, 3.63) is 0 Å². The zero-order valence-electron chi connectivity index (χ0n) is 11.2. The third-order valence-electron chi connectivity index (χ3n) is 3.47. The van der Waals surface area contributed by atoms with E-state index in [-0.39, 0.29) is 12.5 Å². The molecule has 1 aliphatic heterocycles. The van der Waals surface area contributed by atoms with Gasteiger partial charge in [-0.05, 0) is 19.3 Å². The van der Waals surface area contributed by atoms with E-state index in [1.54, 1.807) is 0 Å². The predicted molar refractivity (Wildman–Crippen MR) is 67.6 cm³/mol. The molecule has 19 heavy (non-hydrogen) atoms. The fourth-order valence-electron chi connectivity index (χ4n) is 1.99. The van der Waals surface area contributed by atoms with Crippen LogP contribution in [-0.4, -0.2) is 56.5 Å². The Balaban J connectivity index is 2.48. The molecule has 0 spiro atoms. The molecule has 0 saturated carbocycles. The summed E-state index contributed by atoms with van der Waals surface area (Å²) >= 11 is 0. The number of nitrogens with two attached hydrogens (primary N) is 1. The van der Waals surface area contributed by atoms with E-state index in [9.17, 15) is 14.7 Å². The first kappa shape index (κ1) is 15.9. The number of amides is 1. The molecular formula is C12H22N2O5. The van der Waals surface area contributed by atoms with Crippen LogP contribution < -0.4 is 11.1 Å². The Kier molecular flexibility index (Phi) is 6.20. The van der Waals surface area contributed by atoms with E-state index in [0.29, 0.717) is 39.1 Å². The van der Waals surface area contributed by atoms with Gasteiger partial charge in [-0.25, -0.2) is 0 Å². The number of carbonyl (C=O) groups excluding carboxylic acids is 1. The van der Waals surface area contributed by atoms with E-state index >= 15 is 0 Å². The van der Waals surface area contributed by atoms with Crippen LogP contribution in [0, 0.1) is 5.41 Å². The highest BCUT2D eigenvalue weighted by Gasteiger charge is 2.40. The van der Waals surface area contributed by atoms with Crippen molar-refractivity contribution in [2.75, 3.05) is 33.5 Å². The Morgan fingerprint density at radius 2 is 2.11 bits per heavy atom. The minimum atomic E-state index is -0.936. The lowest BCUT2D eigenvalue weighted by Crippen LogP contribution is -2.50. The van der Waals surface area contributed by atoms with Gasteiger partial charge in [-0.3, -0.25) is 9.59 Å². The third-order valence-corrected chi connectivity index (χ3v) is 3.47. The number of ether oxygens (including phenoxy) is 2. The Morgan fingerprint density at radius 1 is 1.47 bits per heavy atom. The predicted octanol–water partition coefficient (Wildman–Crippen LogP) is -0.652. The molecule has 0 bridgehead atoms. The van der Waals surface area contributed by atoms with Gasteiger partial charge in [0.15, 0.2) is 0 Å². The van der Waals surface area contributed by atoms with Crippen LogP contribution in [0.25, 0.3) is 0 Å². The van der Waals surface area contributed by atoms with Gasteiger partial charge in [0, 0.05) is 33.5 Å². The van der Waals surface area contributed by atoms with Crippen LogP contribution in [0.1, 0.15) is 19.3 Å². The maximum Gasteiger partial charge on any atom is 0.311 e. The number of methoxy groups -OCH3 is 1. The number of hydrogen-bond acceptors (Lipinski definition) is 5. The SMILES string of the molecule is COCCC(N)C(=O)NCC1(C(=O)O)CCOCC1. The second kappa shape index (κ2) is 7.42. The monoisotopic (exact) mass is 274 g/mol. The van der Waals surface area contributed by atoms with Gasteiger partial charge in [-0.2, -0.15) is 0 Å². The molecule has 7 heteroatoms. The molecule has 0 aromatic heterocycles. The van der Waals surface area contributed by atoms with Crippen molar-refractivity contribution in [2.24, 2.45) is 11.1 Å². The molecular weight excluding hydrogens is 252 g/mol. The van der Waals surface area contributed by atoms with Crippen molar-refractivity contribution >= 4 is 11.9 Å². The van der Waals surface area contributed by atoms with Crippen molar-refractivity contribution in [1.82, 2.24) is 5.32 Å². The molecule has 0 radical (unpaired) electrons. The van der Waals surface area contributed by atoms with Gasteiger partial charge in [0.25, 0.3) is 0 Å². The van der Waals surface area contributed by atoms with Crippen LogP contribution in [0.15, 0.2) is 0 Å². The largest absolute Gasteiger partial charge is 0.481 e. The highest BCUT2D eigenvalue weighted by atomic mass is 16.5. The van der Waals surface area contributed by atoms with E-state index in [0.717, 1.165) is 0 Å². The van der Waals surface area contributed by atoms with Crippen molar-refractivity contribution in [3.8, 4) is 0 Å². The second-order valence-corrected chi connectivity index (χ2v) is 4.80. The van der Waals surface area contributed by atoms with E-state index in [1.165, 1.54) is 7.11 Å². The van der Waals surface area contributed by atoms with Gasteiger partial charge >= 0.3 is 5.97 Å². The molecule has 0 aromatic carbocycles. The fraction of sp³-hybridized carbons (Fsp3) is 0.833. The zero-order valence-corrected chi connectivity index (χ0v) is 11.2. The van der Waals surface area contributed by atoms with Gasteiger partial charge in [-0.1, -0.05) is 0 Å². The molecule has 1 unspecified atom stereocenters. The van der Waals surface area contributed by atoms with Gasteiger partial charge < -0.3 is 25.6 Å². The van der Waals surface area contributed by atoms with Crippen LogP contribution in [0.2, 0.25) is 0 Å². The van der Waals surface area contributed by atoms with E-state index in [1.807, 2.05) is 0 Å². The number of nitrogens with one attached hydrogen (secondary N) is 1. The molecule has 1 fully saturated rings. The molecule has 0 aliphatic carbocycles. The molecule has 0 aromatic rings. The van der Waals surface area contributed by atoms with Crippen LogP contribution >= 0.6 is 0 Å². The van der Waals surface area contributed by atoms with Crippen LogP contribution in [0.3, 0.4) is 0 Å². The summed E-state index contributed by atoms with van der Waals surface area (Å²) < 4.78 is 10.0. The number of carboxylic acid groups (broad SMARTS) is 1. The lowest BCUT2D eigenvalue weighted by Gasteiger charge is -2.33. The third kappa shape index (κ3) is 4.45. The van der Waals surface area contributed by atoms with Crippen LogP contribution in [0.5, 0.6) is 0 Å². The van der Waals surface area contributed by atoms with Crippen LogP contribution in [-0.2, 0) is 19.1 Å². The van der Waals surface area contributed by atoms with Gasteiger partial charge in [0.1, 0.15) is 0 Å². The Morgan fingerprint density at radius 3 is 2.63 bits per heavy atom. The number of hydrogen-bond donors (Lipinski definition) is 3. The molecule has 1 rings (SSSR count). The molecule has 1 saturated heterocycles. The van der Waals surface area contributed by atoms with E-state index in [2.05, 4.69) is 5.32 Å². The Bertz CT molecular complexity index is 315. The summed E-state index contributed by atoms with van der Waals surface area (Å²) in [5, 5.41) is 12.0. The molecule has 110 valence electrons. The van der Waals surface area contributed by atoms with Crippen LogP contribution in [0.4, 0.5) is 0 Å². The van der Waals surface area contributed by atoms with Gasteiger partial charge in [0.2, 0.25) is 5.91 Å². The Hall–Kier alpha value is -1.18. The molecule has 1 aliphatic rings. The van der Waals surface area contributed by atoms with E-state index in [4.69, 9.17) is 15.2 Å². The van der Waals surface area contributed by atoms with Crippen molar-refractivity contribution in [1.29, 1.82) is 0 Å². The summed E-state index contributed by atoms with van der Waals surface area (Å²) in [7, 11) is 1.53. The topological polar surface area (TPSA) is 111 Å². The summed E-state index contributed by atoms with van der Waals surface area (Å²) in [6, 6.07) is -0.675. The summed E-state index contributed by atoms with van der Waals surface area (Å²) in [6.07, 6.45) is 1.21. The van der Waals surface area contributed by atoms with Gasteiger partial charge in [-0.15, -0.1) is 0 Å². The quantitative estimate of drug-likeness (QED) is 0.569. The standard InChI is InChI=1S/C12H22N2O5/c1-18-5-2-9(13)10(15)14-8-12(11(16)17)3-6-19-7-4-12/h9H,2-8,13H2,1H3,(H,14,15)(H,16,17). The van der Waals surface area contributed by atoms with Crippen molar-refractivity contribution in [2.45, 2.75) is 25.3 Å². The fourth-order valence-corrected chi connectivity index (χ4v) is 1.99. The van der Waals surface area contributed by atoms with Gasteiger partial charge in [0.05, 0.1) is 11.5 Å². The average molecular weight is 274 g/mol. The number of aliphatic carboxylic acids is 1. The minimum Gasteiger partial charge on any atom is -0.481 e. The molecule has 1 heterocycles. The van der Waals surface area contributed by atoms with Crippen molar-refractivity contribution < 1.29 is 24.2 Å². The summed E-state index contributed by atoms with van der Waals surface area (Å²) in [5.41, 5.74) is 4.74. The highest BCUT2D eigenvalue weighted by molar-refractivity contribution is 5.82. The first-order valence-electron chi connectivity index (χ1n) is 6.35.